The number of phenolic OH excluding ortho intramolecular Hbond substituents is 2. The van der Waals surface area contributed by atoms with Gasteiger partial charge in [-0.2, -0.15) is 0 Å². The van der Waals surface area contributed by atoms with E-state index in [2.05, 4.69) is 29.2 Å². The number of ether oxygens (including phenoxy) is 1. The van der Waals surface area contributed by atoms with Crippen LogP contribution in [0.1, 0.15) is 24.0 Å². The van der Waals surface area contributed by atoms with E-state index in [0.717, 1.165) is 32.4 Å². The maximum absolute atomic E-state index is 13.3. The minimum Gasteiger partial charge on any atom is -0.507 e. The van der Waals surface area contributed by atoms with E-state index in [1.807, 2.05) is 6.07 Å². The van der Waals surface area contributed by atoms with Crippen molar-refractivity contribution >= 4 is 11.0 Å². The molecular formula is C29H29NO5. The summed E-state index contributed by atoms with van der Waals surface area (Å²) >= 11 is 0. The minimum absolute atomic E-state index is 0.0678. The van der Waals surface area contributed by atoms with Crippen LogP contribution in [0.4, 0.5) is 0 Å². The van der Waals surface area contributed by atoms with Crippen LogP contribution in [0.3, 0.4) is 0 Å². The van der Waals surface area contributed by atoms with Crippen molar-refractivity contribution in [2.45, 2.75) is 25.8 Å². The van der Waals surface area contributed by atoms with E-state index < -0.39 is 0 Å². The average Bonchev–Trinajstić information content (AvgIpc) is 2.88. The van der Waals surface area contributed by atoms with Gasteiger partial charge in [-0.25, -0.2) is 0 Å². The van der Waals surface area contributed by atoms with Gasteiger partial charge in [0.25, 0.3) is 0 Å². The molecule has 0 bridgehead atoms. The first-order valence-electron chi connectivity index (χ1n) is 11.9. The summed E-state index contributed by atoms with van der Waals surface area (Å²) in [5, 5.41) is 21.3. The van der Waals surface area contributed by atoms with Gasteiger partial charge in [-0.15, -0.1) is 0 Å². The van der Waals surface area contributed by atoms with Crippen LogP contribution in [0.15, 0.2) is 76.1 Å². The van der Waals surface area contributed by atoms with Crippen molar-refractivity contribution in [1.82, 2.24) is 4.90 Å². The number of methoxy groups -OCH3 is 1. The second kappa shape index (κ2) is 9.84. The van der Waals surface area contributed by atoms with Crippen LogP contribution in [-0.2, 0) is 13.0 Å². The molecule has 35 heavy (non-hydrogen) atoms. The fourth-order valence-corrected chi connectivity index (χ4v) is 4.97. The van der Waals surface area contributed by atoms with E-state index in [4.69, 9.17) is 9.15 Å². The highest BCUT2D eigenvalue weighted by Gasteiger charge is 2.24. The van der Waals surface area contributed by atoms with Crippen molar-refractivity contribution < 1.29 is 19.4 Å². The smallest absolute Gasteiger partial charge is 0.204 e. The summed E-state index contributed by atoms with van der Waals surface area (Å²) in [6.45, 7) is 2.24. The third-order valence-electron chi connectivity index (χ3n) is 6.96. The van der Waals surface area contributed by atoms with Crippen LogP contribution >= 0.6 is 0 Å². The van der Waals surface area contributed by atoms with E-state index >= 15 is 0 Å². The van der Waals surface area contributed by atoms with Crippen LogP contribution in [0, 0.1) is 5.92 Å². The summed E-state index contributed by atoms with van der Waals surface area (Å²) in [6, 6.07) is 18.9. The molecule has 1 aliphatic heterocycles. The predicted molar refractivity (Wildman–Crippen MR) is 136 cm³/mol. The number of nitrogens with zero attached hydrogens (tertiary/aromatic N) is 1. The second-order valence-electron chi connectivity index (χ2n) is 9.21. The van der Waals surface area contributed by atoms with Gasteiger partial charge in [0.2, 0.25) is 5.43 Å². The minimum atomic E-state index is -0.336. The molecule has 1 aromatic heterocycles. The average molecular weight is 472 g/mol. The summed E-state index contributed by atoms with van der Waals surface area (Å²) in [7, 11) is 1.58. The van der Waals surface area contributed by atoms with Gasteiger partial charge in [0.15, 0.2) is 0 Å². The van der Waals surface area contributed by atoms with Crippen LogP contribution in [0.25, 0.3) is 22.1 Å². The molecule has 0 spiro atoms. The third-order valence-corrected chi connectivity index (χ3v) is 6.96. The molecule has 5 rings (SSSR count). The maximum atomic E-state index is 13.3. The lowest BCUT2D eigenvalue weighted by Crippen LogP contribution is -2.34. The largest absolute Gasteiger partial charge is 0.507 e. The molecule has 6 heteroatoms. The van der Waals surface area contributed by atoms with Crippen LogP contribution < -0.4 is 10.2 Å². The Morgan fingerprint density at radius 1 is 1.00 bits per heavy atom. The number of likely N-dealkylation sites (tertiary alicyclic amines) is 1. The lowest BCUT2D eigenvalue weighted by atomic mass is 9.90. The van der Waals surface area contributed by atoms with Crippen molar-refractivity contribution in [2.24, 2.45) is 5.92 Å². The first-order valence-corrected chi connectivity index (χ1v) is 11.9. The highest BCUT2D eigenvalue weighted by atomic mass is 16.5. The second-order valence-corrected chi connectivity index (χ2v) is 9.21. The van der Waals surface area contributed by atoms with Crippen molar-refractivity contribution in [3.8, 4) is 28.4 Å². The zero-order valence-electron chi connectivity index (χ0n) is 19.7. The van der Waals surface area contributed by atoms with E-state index in [1.54, 1.807) is 31.4 Å². The standard InChI is InChI=1S/C29H29NO5/c1-34-22-9-7-21(8-10-22)24-18-35-29-23(25(31)16-26(32)27(29)28(24)33)17-30-13-11-20(12-14-30)15-19-5-3-2-4-6-19/h2-10,16,18,20,31-32H,11-15,17H2,1H3. The summed E-state index contributed by atoms with van der Waals surface area (Å²) < 4.78 is 11.1. The highest BCUT2D eigenvalue weighted by molar-refractivity contribution is 5.90. The number of aromatic hydroxyl groups is 2. The Morgan fingerprint density at radius 2 is 1.71 bits per heavy atom. The van der Waals surface area contributed by atoms with Crippen molar-refractivity contribution in [1.29, 1.82) is 0 Å². The zero-order valence-corrected chi connectivity index (χ0v) is 19.7. The van der Waals surface area contributed by atoms with E-state index in [-0.39, 0.29) is 27.9 Å². The summed E-state index contributed by atoms with van der Waals surface area (Å²) in [4.78, 5) is 15.6. The molecule has 6 nitrogen and oxygen atoms in total. The summed E-state index contributed by atoms with van der Waals surface area (Å²) in [6.07, 6.45) is 4.61. The number of benzene rings is 3. The molecule has 1 saturated heterocycles. The fourth-order valence-electron chi connectivity index (χ4n) is 4.97. The van der Waals surface area contributed by atoms with Crippen LogP contribution in [0.5, 0.6) is 17.2 Å². The molecule has 180 valence electrons. The van der Waals surface area contributed by atoms with Gasteiger partial charge in [-0.1, -0.05) is 42.5 Å². The molecule has 0 saturated carbocycles. The van der Waals surface area contributed by atoms with E-state index in [1.165, 1.54) is 17.9 Å². The predicted octanol–water partition coefficient (Wildman–Crippen LogP) is 5.33. The number of hydrogen-bond donors (Lipinski definition) is 2. The first kappa shape index (κ1) is 23.0. The third kappa shape index (κ3) is 4.75. The lowest BCUT2D eigenvalue weighted by Gasteiger charge is -2.32. The van der Waals surface area contributed by atoms with Crippen molar-refractivity contribution in [3.05, 3.63) is 88.3 Å². The molecule has 3 aromatic carbocycles. The van der Waals surface area contributed by atoms with Crippen molar-refractivity contribution in [3.63, 3.8) is 0 Å². The quantitative estimate of drug-likeness (QED) is 0.395. The normalized spacial score (nSPS) is 14.9. The van der Waals surface area contributed by atoms with Gasteiger partial charge >= 0.3 is 0 Å². The molecule has 0 aliphatic carbocycles. The lowest BCUT2D eigenvalue weighted by molar-refractivity contribution is 0.175. The Hall–Kier alpha value is -3.77. The van der Waals surface area contributed by atoms with Crippen LogP contribution in [0.2, 0.25) is 0 Å². The van der Waals surface area contributed by atoms with Gasteiger partial charge in [0.05, 0.1) is 18.2 Å². The Bertz CT molecular complexity index is 1370. The van der Waals surface area contributed by atoms with E-state index in [0.29, 0.717) is 34.9 Å². The topological polar surface area (TPSA) is 83.1 Å². The van der Waals surface area contributed by atoms with Gasteiger partial charge in [0, 0.05) is 12.6 Å². The molecule has 4 aromatic rings. The van der Waals surface area contributed by atoms with Gasteiger partial charge in [-0.3, -0.25) is 9.69 Å². The molecule has 2 N–H and O–H groups in total. The summed E-state index contributed by atoms with van der Waals surface area (Å²) in [5.41, 5.74) is 2.79. The Labute approximate surface area is 204 Å². The molecule has 0 amide bonds. The van der Waals surface area contributed by atoms with Gasteiger partial charge < -0.3 is 19.4 Å². The number of piperidine rings is 1. The fraction of sp³-hybridized carbons (Fsp3) is 0.276. The Balaban J connectivity index is 1.38. The van der Waals surface area contributed by atoms with Gasteiger partial charge in [-0.05, 0) is 61.5 Å². The van der Waals surface area contributed by atoms with E-state index in [9.17, 15) is 15.0 Å². The molecule has 1 aliphatic rings. The van der Waals surface area contributed by atoms with Crippen molar-refractivity contribution in [2.75, 3.05) is 20.2 Å². The maximum Gasteiger partial charge on any atom is 0.204 e. The Kier molecular flexibility index (Phi) is 6.47. The number of fused-ring (bicyclic) bond motifs is 1. The highest BCUT2D eigenvalue weighted by Crippen LogP contribution is 2.36. The first-order chi connectivity index (χ1) is 17.0. The molecule has 2 heterocycles. The Morgan fingerprint density at radius 3 is 2.40 bits per heavy atom. The summed E-state index contributed by atoms with van der Waals surface area (Å²) in [5.74, 6) is 0.957. The number of hydrogen-bond acceptors (Lipinski definition) is 6. The van der Waals surface area contributed by atoms with Crippen LogP contribution in [-0.4, -0.2) is 35.3 Å². The number of rotatable bonds is 6. The number of phenols is 2. The SMILES string of the molecule is COc1ccc(-c2coc3c(CN4CCC(Cc5ccccc5)CC4)c(O)cc(O)c3c2=O)cc1. The molecule has 1 fully saturated rings. The molecule has 0 radical (unpaired) electrons. The molecule has 0 unspecified atom stereocenters. The molecular weight excluding hydrogens is 442 g/mol. The zero-order chi connectivity index (χ0) is 24.4. The monoisotopic (exact) mass is 471 g/mol. The molecule has 0 atom stereocenters. The van der Waals surface area contributed by atoms with Gasteiger partial charge in [0.1, 0.15) is 34.5 Å².